The average molecular weight is 394 g/mol. The molecule has 0 saturated heterocycles. The van der Waals surface area contributed by atoms with Gasteiger partial charge in [-0.1, -0.05) is 6.07 Å². The van der Waals surface area contributed by atoms with Gasteiger partial charge in [0.05, 0.1) is 36.9 Å². The third-order valence-electron chi connectivity index (χ3n) is 4.53. The molecule has 0 bridgehead atoms. The van der Waals surface area contributed by atoms with Gasteiger partial charge in [0.25, 0.3) is 0 Å². The maximum atomic E-state index is 13.1. The first-order valence-corrected chi connectivity index (χ1v) is 8.90. The fraction of sp³-hybridized carbons (Fsp3) is 0.350. The summed E-state index contributed by atoms with van der Waals surface area (Å²) in [6.45, 7) is 4.51. The Morgan fingerprint density at radius 3 is 2.32 bits per heavy atom. The number of imidazole rings is 1. The van der Waals surface area contributed by atoms with E-state index in [1.807, 2.05) is 6.92 Å². The van der Waals surface area contributed by atoms with E-state index >= 15 is 0 Å². The molecule has 8 heteroatoms. The van der Waals surface area contributed by atoms with Crippen LogP contribution in [0.15, 0.2) is 41.2 Å². The summed E-state index contributed by atoms with van der Waals surface area (Å²) >= 11 is 0. The fourth-order valence-corrected chi connectivity index (χ4v) is 3.22. The van der Waals surface area contributed by atoms with E-state index in [-0.39, 0.29) is 24.3 Å². The molecule has 1 aromatic heterocycles. The number of nitrogens with zero attached hydrogens (tertiary/aromatic N) is 2. The van der Waals surface area contributed by atoms with Crippen LogP contribution >= 0.6 is 0 Å². The van der Waals surface area contributed by atoms with Crippen molar-refractivity contribution in [1.29, 1.82) is 0 Å². The van der Waals surface area contributed by atoms with Crippen LogP contribution in [0.25, 0.3) is 11.0 Å². The van der Waals surface area contributed by atoms with E-state index in [2.05, 4.69) is 0 Å². The number of fused-ring (bicyclic) bond motifs is 1. The molecule has 2 aromatic carbocycles. The summed E-state index contributed by atoms with van der Waals surface area (Å²) in [4.78, 5) is 12.8. The molecular formula is C20H21F3N2O3. The molecule has 0 aliphatic heterocycles. The summed E-state index contributed by atoms with van der Waals surface area (Å²) < 4.78 is 52.9. The smallest absolute Gasteiger partial charge is 0.416 e. The molecule has 0 aliphatic rings. The molecule has 3 aromatic rings. The highest BCUT2D eigenvalue weighted by Gasteiger charge is 2.31. The van der Waals surface area contributed by atoms with Gasteiger partial charge in [0.2, 0.25) is 0 Å². The van der Waals surface area contributed by atoms with E-state index in [4.69, 9.17) is 9.47 Å². The molecule has 0 fully saturated rings. The highest BCUT2D eigenvalue weighted by Crippen LogP contribution is 2.32. The Balaban J connectivity index is 2.10. The quantitative estimate of drug-likeness (QED) is 0.626. The summed E-state index contributed by atoms with van der Waals surface area (Å²) in [6, 6.07) is 8.68. The third-order valence-corrected chi connectivity index (χ3v) is 4.53. The van der Waals surface area contributed by atoms with Gasteiger partial charge in [0.1, 0.15) is 0 Å². The Morgan fingerprint density at radius 1 is 0.964 bits per heavy atom. The highest BCUT2D eigenvalue weighted by molar-refractivity contribution is 5.77. The van der Waals surface area contributed by atoms with Gasteiger partial charge in [-0.15, -0.1) is 0 Å². The Morgan fingerprint density at radius 2 is 1.71 bits per heavy atom. The summed E-state index contributed by atoms with van der Waals surface area (Å²) in [7, 11) is 1.54. The lowest BCUT2D eigenvalue weighted by Gasteiger charge is -2.12. The lowest BCUT2D eigenvalue weighted by Crippen LogP contribution is -2.24. The first kappa shape index (κ1) is 19.9. The van der Waals surface area contributed by atoms with Gasteiger partial charge >= 0.3 is 11.9 Å². The molecule has 0 N–H and O–H groups in total. The number of halogens is 3. The Kier molecular flexibility index (Phi) is 5.40. The number of rotatable bonds is 6. The van der Waals surface area contributed by atoms with Crippen LogP contribution in [0, 0.1) is 0 Å². The molecule has 0 saturated carbocycles. The molecule has 1 heterocycles. The number of hydrogen-bond acceptors (Lipinski definition) is 3. The zero-order valence-electron chi connectivity index (χ0n) is 15.8. The number of aryl methyl sites for hydroxylation is 1. The van der Waals surface area contributed by atoms with Crippen molar-refractivity contribution in [2.24, 2.45) is 0 Å². The van der Waals surface area contributed by atoms with E-state index in [0.717, 1.165) is 17.7 Å². The van der Waals surface area contributed by atoms with Crippen LogP contribution in [0.1, 0.15) is 25.0 Å². The molecule has 0 unspecified atom stereocenters. The van der Waals surface area contributed by atoms with Crippen molar-refractivity contribution in [3.8, 4) is 11.5 Å². The van der Waals surface area contributed by atoms with Crippen molar-refractivity contribution in [2.45, 2.75) is 33.1 Å². The minimum atomic E-state index is -4.46. The average Bonchev–Trinajstić information content (AvgIpc) is 2.92. The normalized spacial score (nSPS) is 11.8. The van der Waals surface area contributed by atoms with Crippen molar-refractivity contribution in [1.82, 2.24) is 9.13 Å². The Bertz CT molecular complexity index is 1050. The van der Waals surface area contributed by atoms with Crippen molar-refractivity contribution in [2.75, 3.05) is 13.7 Å². The van der Waals surface area contributed by atoms with E-state index in [9.17, 15) is 18.0 Å². The first-order chi connectivity index (χ1) is 13.3. The number of benzene rings is 2. The largest absolute Gasteiger partial charge is 0.493 e. The lowest BCUT2D eigenvalue weighted by atomic mass is 10.1. The van der Waals surface area contributed by atoms with Crippen molar-refractivity contribution >= 4 is 11.0 Å². The molecule has 150 valence electrons. The number of methoxy groups -OCH3 is 1. The monoisotopic (exact) mass is 394 g/mol. The van der Waals surface area contributed by atoms with Crippen LogP contribution in [0.5, 0.6) is 11.5 Å². The predicted octanol–water partition coefficient (Wildman–Crippen LogP) is 4.30. The lowest BCUT2D eigenvalue weighted by molar-refractivity contribution is -0.137. The second-order valence-electron chi connectivity index (χ2n) is 6.23. The minimum absolute atomic E-state index is 0.206. The Hall–Kier alpha value is -2.90. The molecule has 0 atom stereocenters. The van der Waals surface area contributed by atoms with Gasteiger partial charge in [0, 0.05) is 6.54 Å². The number of aromatic nitrogens is 2. The second-order valence-corrected chi connectivity index (χ2v) is 6.23. The van der Waals surface area contributed by atoms with Crippen LogP contribution in [0.4, 0.5) is 13.2 Å². The summed E-state index contributed by atoms with van der Waals surface area (Å²) in [6.07, 6.45) is -4.46. The molecule has 0 radical (unpaired) electrons. The van der Waals surface area contributed by atoms with Gasteiger partial charge in [0.15, 0.2) is 11.5 Å². The predicted molar refractivity (Wildman–Crippen MR) is 100 cm³/mol. The van der Waals surface area contributed by atoms with Crippen LogP contribution in [-0.2, 0) is 19.3 Å². The maximum Gasteiger partial charge on any atom is 0.416 e. The topological polar surface area (TPSA) is 45.4 Å². The molecule has 3 rings (SSSR count). The third kappa shape index (κ3) is 3.58. The van der Waals surface area contributed by atoms with Crippen molar-refractivity contribution in [3.05, 3.63) is 58.0 Å². The first-order valence-electron chi connectivity index (χ1n) is 8.90. The van der Waals surface area contributed by atoms with Gasteiger partial charge < -0.3 is 9.47 Å². The highest BCUT2D eigenvalue weighted by atomic mass is 19.4. The molecule has 0 spiro atoms. The van der Waals surface area contributed by atoms with Crippen LogP contribution in [0.3, 0.4) is 0 Å². The van der Waals surface area contributed by atoms with Gasteiger partial charge in [-0.3, -0.25) is 9.13 Å². The number of ether oxygens (including phenoxy) is 2. The van der Waals surface area contributed by atoms with Crippen molar-refractivity contribution < 1.29 is 22.6 Å². The molecule has 28 heavy (non-hydrogen) atoms. The summed E-state index contributed by atoms with van der Waals surface area (Å²) in [5.74, 6) is 1.12. The standard InChI is InChI=1S/C20H21F3N2O3/c1-4-24-16-11-14(20(21,22)23)7-8-15(16)25(19(24)26)12-13-6-9-17(27-3)18(10-13)28-5-2/h6-11H,4-5,12H2,1-3H3. The molecule has 0 aliphatic carbocycles. The SMILES string of the molecule is CCOc1cc(Cn2c(=O)n(CC)c3cc(C(F)(F)F)ccc32)ccc1OC. The van der Waals surface area contributed by atoms with Crippen LogP contribution < -0.4 is 15.2 Å². The second kappa shape index (κ2) is 7.61. The van der Waals surface area contributed by atoms with E-state index in [1.54, 1.807) is 25.1 Å². The number of alkyl halides is 3. The molecule has 5 nitrogen and oxygen atoms in total. The van der Waals surface area contributed by atoms with Gasteiger partial charge in [-0.2, -0.15) is 13.2 Å². The minimum Gasteiger partial charge on any atom is -0.493 e. The summed E-state index contributed by atoms with van der Waals surface area (Å²) in [5, 5.41) is 0. The zero-order chi connectivity index (χ0) is 20.5. The van der Waals surface area contributed by atoms with Gasteiger partial charge in [-0.05, 0) is 49.7 Å². The molecule has 0 amide bonds. The molecular weight excluding hydrogens is 373 g/mol. The zero-order valence-corrected chi connectivity index (χ0v) is 15.8. The van der Waals surface area contributed by atoms with E-state index in [0.29, 0.717) is 23.6 Å². The maximum absolute atomic E-state index is 13.1. The number of hydrogen-bond donors (Lipinski definition) is 0. The fourth-order valence-electron chi connectivity index (χ4n) is 3.22. The summed E-state index contributed by atoms with van der Waals surface area (Å²) in [5.41, 5.74) is 0.365. The Labute approximate surface area is 159 Å². The van der Waals surface area contributed by atoms with Crippen molar-refractivity contribution in [3.63, 3.8) is 0 Å². The van der Waals surface area contributed by atoms with E-state index < -0.39 is 11.7 Å². The van der Waals surface area contributed by atoms with Crippen LogP contribution in [0.2, 0.25) is 0 Å². The van der Waals surface area contributed by atoms with Crippen LogP contribution in [-0.4, -0.2) is 22.9 Å². The van der Waals surface area contributed by atoms with E-state index in [1.165, 1.54) is 22.3 Å². The van der Waals surface area contributed by atoms with Gasteiger partial charge in [-0.25, -0.2) is 4.79 Å².